The fraction of sp³-hybridized carbons (Fsp3) is 0.588. The van der Waals surface area contributed by atoms with Gasteiger partial charge < -0.3 is 9.80 Å². The number of halogens is 1. The number of piperidine rings is 1. The fourth-order valence-corrected chi connectivity index (χ4v) is 3.54. The molecule has 0 unspecified atom stereocenters. The van der Waals surface area contributed by atoms with Crippen LogP contribution in [0.5, 0.6) is 0 Å². The van der Waals surface area contributed by atoms with Crippen molar-refractivity contribution in [2.75, 3.05) is 50.7 Å². The summed E-state index contributed by atoms with van der Waals surface area (Å²) in [6.07, 6.45) is 3.58. The van der Waals surface area contributed by atoms with E-state index in [4.69, 9.17) is 11.6 Å². The number of para-hydroxylation sites is 1. The second-order valence-electron chi connectivity index (χ2n) is 6.16. The molecule has 0 saturated carbocycles. The second kappa shape index (κ2) is 7.34. The number of nitrogens with zero attached hydrogens (tertiary/aromatic N) is 3. The Bertz CT molecular complexity index is 508. The number of piperazine rings is 1. The van der Waals surface area contributed by atoms with Gasteiger partial charge in [-0.1, -0.05) is 23.7 Å². The van der Waals surface area contributed by atoms with Crippen LogP contribution in [-0.2, 0) is 4.79 Å². The number of hydrogen-bond donors (Lipinski definition) is 0. The van der Waals surface area contributed by atoms with E-state index in [2.05, 4.69) is 15.9 Å². The Kier molecular flexibility index (Phi) is 5.21. The van der Waals surface area contributed by atoms with Crippen molar-refractivity contribution in [3.63, 3.8) is 0 Å². The third kappa shape index (κ3) is 3.73. The van der Waals surface area contributed by atoms with Crippen LogP contribution in [0.15, 0.2) is 24.3 Å². The Hall–Kier alpha value is -1.26. The van der Waals surface area contributed by atoms with Gasteiger partial charge in [0.2, 0.25) is 5.91 Å². The van der Waals surface area contributed by atoms with Crippen LogP contribution in [0.4, 0.5) is 5.69 Å². The Labute approximate surface area is 137 Å². The molecule has 0 atom stereocenters. The van der Waals surface area contributed by atoms with Crippen LogP contribution in [0.3, 0.4) is 0 Å². The number of anilines is 1. The van der Waals surface area contributed by atoms with Gasteiger partial charge in [-0.2, -0.15) is 0 Å². The number of benzene rings is 1. The van der Waals surface area contributed by atoms with Gasteiger partial charge in [-0.25, -0.2) is 0 Å². The zero-order chi connectivity index (χ0) is 15.4. The molecule has 0 aromatic heterocycles. The first-order valence-corrected chi connectivity index (χ1v) is 8.61. The fourth-order valence-electron chi connectivity index (χ4n) is 3.29. The molecule has 3 rings (SSSR count). The van der Waals surface area contributed by atoms with Gasteiger partial charge in [-0.05, 0) is 31.4 Å². The third-order valence-corrected chi connectivity index (χ3v) is 4.95. The zero-order valence-corrected chi connectivity index (χ0v) is 13.8. The molecule has 2 aliphatic rings. The van der Waals surface area contributed by atoms with Crippen molar-refractivity contribution < 1.29 is 4.79 Å². The SMILES string of the molecule is O=C(CN1CCN(c2ccccc2Cl)CC1)N1CCCCC1. The van der Waals surface area contributed by atoms with Gasteiger partial charge in [-0.3, -0.25) is 9.69 Å². The van der Waals surface area contributed by atoms with Gasteiger partial charge >= 0.3 is 0 Å². The molecule has 120 valence electrons. The molecule has 1 amide bonds. The van der Waals surface area contributed by atoms with Gasteiger partial charge in [0.1, 0.15) is 0 Å². The average Bonchev–Trinajstić information content (AvgIpc) is 2.57. The maximum Gasteiger partial charge on any atom is 0.236 e. The summed E-state index contributed by atoms with van der Waals surface area (Å²) in [5.41, 5.74) is 1.10. The summed E-state index contributed by atoms with van der Waals surface area (Å²) in [6, 6.07) is 7.98. The molecule has 2 heterocycles. The summed E-state index contributed by atoms with van der Waals surface area (Å²) >= 11 is 6.26. The highest BCUT2D eigenvalue weighted by molar-refractivity contribution is 6.33. The lowest BCUT2D eigenvalue weighted by atomic mass is 10.1. The van der Waals surface area contributed by atoms with E-state index in [0.29, 0.717) is 12.5 Å². The molecule has 0 radical (unpaired) electrons. The van der Waals surface area contributed by atoms with Crippen molar-refractivity contribution in [2.24, 2.45) is 0 Å². The van der Waals surface area contributed by atoms with Crippen LogP contribution in [0.1, 0.15) is 19.3 Å². The molecular formula is C17H24ClN3O. The number of likely N-dealkylation sites (tertiary alicyclic amines) is 1. The van der Waals surface area contributed by atoms with E-state index in [1.54, 1.807) is 0 Å². The van der Waals surface area contributed by atoms with Crippen molar-refractivity contribution in [3.05, 3.63) is 29.3 Å². The number of amides is 1. The zero-order valence-electron chi connectivity index (χ0n) is 13.0. The molecule has 1 aromatic carbocycles. The standard InChI is InChI=1S/C17H24ClN3O/c18-15-6-2-3-7-16(15)20-12-10-19(11-13-20)14-17(22)21-8-4-1-5-9-21/h2-3,6-7H,1,4-5,8-14H2. The van der Waals surface area contributed by atoms with Crippen molar-refractivity contribution in [2.45, 2.75) is 19.3 Å². The lowest BCUT2D eigenvalue weighted by Crippen LogP contribution is -2.50. The van der Waals surface area contributed by atoms with Crippen molar-refractivity contribution in [1.82, 2.24) is 9.80 Å². The maximum absolute atomic E-state index is 12.3. The maximum atomic E-state index is 12.3. The van der Waals surface area contributed by atoms with Crippen LogP contribution in [0.25, 0.3) is 0 Å². The number of hydrogen-bond acceptors (Lipinski definition) is 3. The Morgan fingerprint density at radius 3 is 2.32 bits per heavy atom. The molecule has 5 heteroatoms. The number of carbonyl (C=O) groups excluding carboxylic acids is 1. The molecule has 0 spiro atoms. The molecule has 0 bridgehead atoms. The summed E-state index contributed by atoms with van der Waals surface area (Å²) < 4.78 is 0. The molecule has 4 nitrogen and oxygen atoms in total. The van der Waals surface area contributed by atoms with E-state index in [1.807, 2.05) is 23.1 Å². The Balaban J connectivity index is 1.49. The highest BCUT2D eigenvalue weighted by Crippen LogP contribution is 2.26. The van der Waals surface area contributed by atoms with E-state index >= 15 is 0 Å². The van der Waals surface area contributed by atoms with E-state index in [-0.39, 0.29) is 0 Å². The molecule has 2 aliphatic heterocycles. The van der Waals surface area contributed by atoms with Gasteiger partial charge in [-0.15, -0.1) is 0 Å². The van der Waals surface area contributed by atoms with Crippen molar-refractivity contribution in [3.8, 4) is 0 Å². The van der Waals surface area contributed by atoms with Gasteiger partial charge in [0, 0.05) is 39.3 Å². The van der Waals surface area contributed by atoms with E-state index < -0.39 is 0 Å². The Morgan fingerprint density at radius 2 is 1.64 bits per heavy atom. The highest BCUT2D eigenvalue weighted by Gasteiger charge is 2.23. The highest BCUT2D eigenvalue weighted by atomic mass is 35.5. The van der Waals surface area contributed by atoms with Crippen LogP contribution in [0.2, 0.25) is 5.02 Å². The van der Waals surface area contributed by atoms with E-state index in [9.17, 15) is 4.79 Å². The minimum Gasteiger partial charge on any atom is -0.368 e. The average molecular weight is 322 g/mol. The summed E-state index contributed by atoms with van der Waals surface area (Å²) in [6.45, 7) is 6.15. The topological polar surface area (TPSA) is 26.8 Å². The first-order valence-electron chi connectivity index (χ1n) is 8.23. The second-order valence-corrected chi connectivity index (χ2v) is 6.56. The minimum atomic E-state index is 0.297. The lowest BCUT2D eigenvalue weighted by Gasteiger charge is -2.37. The van der Waals surface area contributed by atoms with Crippen LogP contribution in [-0.4, -0.2) is 61.5 Å². The molecule has 0 N–H and O–H groups in total. The molecule has 2 saturated heterocycles. The van der Waals surface area contributed by atoms with Gasteiger partial charge in [0.25, 0.3) is 0 Å². The van der Waals surface area contributed by atoms with Crippen molar-refractivity contribution in [1.29, 1.82) is 0 Å². The van der Waals surface area contributed by atoms with Crippen LogP contribution < -0.4 is 4.90 Å². The van der Waals surface area contributed by atoms with Gasteiger partial charge in [0.05, 0.1) is 17.3 Å². The van der Waals surface area contributed by atoms with Crippen LogP contribution in [0, 0.1) is 0 Å². The summed E-state index contributed by atoms with van der Waals surface area (Å²) in [4.78, 5) is 18.9. The van der Waals surface area contributed by atoms with Gasteiger partial charge in [0.15, 0.2) is 0 Å². The minimum absolute atomic E-state index is 0.297. The predicted molar refractivity (Wildman–Crippen MR) is 90.5 cm³/mol. The van der Waals surface area contributed by atoms with E-state index in [0.717, 1.165) is 62.8 Å². The number of carbonyl (C=O) groups is 1. The molecule has 1 aromatic rings. The number of rotatable bonds is 3. The first-order chi connectivity index (χ1) is 10.7. The largest absolute Gasteiger partial charge is 0.368 e. The summed E-state index contributed by atoms with van der Waals surface area (Å²) in [5.74, 6) is 0.297. The molecule has 2 fully saturated rings. The lowest BCUT2D eigenvalue weighted by molar-refractivity contribution is -0.133. The van der Waals surface area contributed by atoms with Crippen LogP contribution >= 0.6 is 11.6 Å². The smallest absolute Gasteiger partial charge is 0.236 e. The molecule has 22 heavy (non-hydrogen) atoms. The Morgan fingerprint density at radius 1 is 0.955 bits per heavy atom. The molecule has 0 aliphatic carbocycles. The predicted octanol–water partition coefficient (Wildman–Crippen LogP) is 2.47. The van der Waals surface area contributed by atoms with Crippen molar-refractivity contribution >= 4 is 23.2 Å². The van der Waals surface area contributed by atoms with E-state index in [1.165, 1.54) is 6.42 Å². The summed E-state index contributed by atoms with van der Waals surface area (Å²) in [5, 5.41) is 0.806. The third-order valence-electron chi connectivity index (χ3n) is 4.63. The quantitative estimate of drug-likeness (QED) is 0.855. The summed E-state index contributed by atoms with van der Waals surface area (Å²) in [7, 11) is 0. The first kappa shape index (κ1) is 15.6. The normalized spacial score (nSPS) is 20.2. The monoisotopic (exact) mass is 321 g/mol. The molecular weight excluding hydrogens is 298 g/mol.